The predicted molar refractivity (Wildman–Crippen MR) is 96.8 cm³/mol. The van der Waals surface area contributed by atoms with Crippen molar-refractivity contribution in [1.82, 2.24) is 10.3 Å². The van der Waals surface area contributed by atoms with Gasteiger partial charge in [-0.15, -0.1) is 0 Å². The van der Waals surface area contributed by atoms with E-state index in [1.165, 1.54) is 0 Å². The molecule has 0 saturated carbocycles. The molecule has 5 nitrogen and oxygen atoms in total. The second-order valence-corrected chi connectivity index (χ2v) is 6.11. The van der Waals surface area contributed by atoms with Gasteiger partial charge in [0, 0.05) is 41.2 Å². The van der Waals surface area contributed by atoms with Gasteiger partial charge in [0.2, 0.25) is 0 Å². The quantitative estimate of drug-likeness (QED) is 0.605. The molecule has 1 heterocycles. The number of carbonyl (C=O) groups excluding carboxylic acids is 2. The molecule has 25 heavy (non-hydrogen) atoms. The number of benzene rings is 2. The number of fused-ring (bicyclic) bond motifs is 1. The molecule has 1 amide bonds. The molecule has 0 unspecified atom stereocenters. The Bertz CT molecular complexity index is 898. The predicted octanol–water partition coefficient (Wildman–Crippen LogP) is 2.70. The average molecular weight is 336 g/mol. The van der Waals surface area contributed by atoms with Crippen LogP contribution in [0.2, 0.25) is 0 Å². The normalized spacial score (nSPS) is 12.1. The molecule has 0 fully saturated rings. The van der Waals surface area contributed by atoms with Gasteiger partial charge in [0.15, 0.2) is 5.78 Å². The molecule has 1 atom stereocenters. The van der Waals surface area contributed by atoms with Crippen LogP contribution in [-0.2, 0) is 6.42 Å². The number of H-pyrrole nitrogens is 1. The Kier molecular flexibility index (Phi) is 4.95. The summed E-state index contributed by atoms with van der Waals surface area (Å²) in [5, 5.41) is 12.7. The highest BCUT2D eigenvalue weighted by molar-refractivity contribution is 6.09. The van der Waals surface area contributed by atoms with Crippen molar-refractivity contribution in [2.24, 2.45) is 0 Å². The highest BCUT2D eigenvalue weighted by atomic mass is 16.3. The smallest absolute Gasteiger partial charge is 0.251 e. The fourth-order valence-electron chi connectivity index (χ4n) is 2.72. The summed E-state index contributed by atoms with van der Waals surface area (Å²) in [6.45, 7) is 1.81. The largest absolute Gasteiger partial charge is 0.392 e. The Morgan fingerprint density at radius 3 is 2.64 bits per heavy atom. The fraction of sp³-hybridized carbons (Fsp3) is 0.200. The number of ketones is 1. The molecule has 3 rings (SSSR count). The van der Waals surface area contributed by atoms with Crippen molar-refractivity contribution >= 4 is 22.6 Å². The highest BCUT2D eigenvalue weighted by Gasteiger charge is 2.14. The minimum Gasteiger partial charge on any atom is -0.392 e. The SMILES string of the molecule is C[C@H](O)CNC(=O)c1ccc2c(C(=O)Cc3ccccc3)c[nH]c2c1. The number of Topliss-reactive ketones (excluding diaryl/α,β-unsaturated/α-hetero) is 1. The third-order valence-corrected chi connectivity index (χ3v) is 4.01. The van der Waals surface area contributed by atoms with Crippen molar-refractivity contribution in [3.63, 3.8) is 0 Å². The zero-order valence-corrected chi connectivity index (χ0v) is 14.0. The van der Waals surface area contributed by atoms with E-state index >= 15 is 0 Å². The molecular formula is C20H20N2O3. The Morgan fingerprint density at radius 2 is 1.92 bits per heavy atom. The lowest BCUT2D eigenvalue weighted by atomic mass is 10.0. The minimum atomic E-state index is -0.597. The van der Waals surface area contributed by atoms with Gasteiger partial charge in [-0.1, -0.05) is 36.4 Å². The topological polar surface area (TPSA) is 82.2 Å². The maximum atomic E-state index is 12.6. The van der Waals surface area contributed by atoms with E-state index in [9.17, 15) is 14.7 Å². The molecule has 3 N–H and O–H groups in total. The van der Waals surface area contributed by atoms with Crippen molar-refractivity contribution in [1.29, 1.82) is 0 Å². The van der Waals surface area contributed by atoms with Crippen LogP contribution in [0.1, 0.15) is 33.2 Å². The highest BCUT2D eigenvalue weighted by Crippen LogP contribution is 2.21. The van der Waals surface area contributed by atoms with Crippen molar-refractivity contribution in [3.8, 4) is 0 Å². The van der Waals surface area contributed by atoms with Gasteiger partial charge in [0.05, 0.1) is 6.10 Å². The van der Waals surface area contributed by atoms with E-state index in [1.807, 2.05) is 30.3 Å². The van der Waals surface area contributed by atoms with Gasteiger partial charge in [0.1, 0.15) is 0 Å². The first-order valence-corrected chi connectivity index (χ1v) is 8.19. The number of amides is 1. The second-order valence-electron chi connectivity index (χ2n) is 6.11. The molecule has 0 bridgehead atoms. The van der Waals surface area contributed by atoms with E-state index in [2.05, 4.69) is 10.3 Å². The maximum Gasteiger partial charge on any atom is 0.251 e. The van der Waals surface area contributed by atoms with Crippen molar-refractivity contribution < 1.29 is 14.7 Å². The van der Waals surface area contributed by atoms with Gasteiger partial charge >= 0.3 is 0 Å². The van der Waals surface area contributed by atoms with Crippen LogP contribution in [0.3, 0.4) is 0 Å². The molecule has 0 aliphatic heterocycles. The summed E-state index contributed by atoms with van der Waals surface area (Å²) in [5.74, 6) is -0.224. The Labute approximate surface area is 145 Å². The van der Waals surface area contributed by atoms with E-state index in [0.717, 1.165) is 16.5 Å². The Morgan fingerprint density at radius 1 is 1.16 bits per heavy atom. The van der Waals surface area contributed by atoms with Crippen LogP contribution in [0, 0.1) is 0 Å². The molecule has 5 heteroatoms. The third kappa shape index (κ3) is 3.95. The van der Waals surface area contributed by atoms with Gasteiger partial charge in [-0.25, -0.2) is 0 Å². The summed E-state index contributed by atoms with van der Waals surface area (Å²) in [6.07, 6.45) is 1.43. The van der Waals surface area contributed by atoms with Gasteiger partial charge < -0.3 is 15.4 Å². The van der Waals surface area contributed by atoms with Crippen LogP contribution >= 0.6 is 0 Å². The number of aliphatic hydroxyl groups is 1. The first kappa shape index (κ1) is 16.9. The standard InChI is InChI=1S/C20H20N2O3/c1-13(23)11-22-20(25)15-7-8-16-17(12-21-18(16)10-15)19(24)9-14-5-3-2-4-6-14/h2-8,10,12-13,21,23H,9,11H2,1H3,(H,22,25)/t13-/m0/s1. The number of aromatic amines is 1. The molecule has 128 valence electrons. The van der Waals surface area contributed by atoms with Crippen LogP contribution < -0.4 is 5.32 Å². The molecule has 3 aromatic rings. The monoisotopic (exact) mass is 336 g/mol. The number of rotatable bonds is 6. The maximum absolute atomic E-state index is 12.6. The van der Waals surface area contributed by atoms with E-state index in [-0.39, 0.29) is 18.2 Å². The first-order chi connectivity index (χ1) is 12.0. The molecule has 0 aliphatic rings. The lowest BCUT2D eigenvalue weighted by Crippen LogP contribution is -2.30. The molecule has 2 aromatic carbocycles. The van der Waals surface area contributed by atoms with Crippen LogP contribution in [0.5, 0.6) is 0 Å². The number of hydrogen-bond donors (Lipinski definition) is 3. The van der Waals surface area contributed by atoms with Crippen LogP contribution in [0.15, 0.2) is 54.7 Å². The third-order valence-electron chi connectivity index (χ3n) is 4.01. The van der Waals surface area contributed by atoms with Crippen molar-refractivity contribution in [2.45, 2.75) is 19.4 Å². The summed E-state index contributed by atoms with van der Waals surface area (Å²) >= 11 is 0. The van der Waals surface area contributed by atoms with Crippen LogP contribution in [-0.4, -0.2) is 34.4 Å². The van der Waals surface area contributed by atoms with Gasteiger partial charge in [-0.2, -0.15) is 0 Å². The lowest BCUT2D eigenvalue weighted by Gasteiger charge is -2.07. The van der Waals surface area contributed by atoms with Gasteiger partial charge in [-0.05, 0) is 24.6 Å². The van der Waals surface area contributed by atoms with Gasteiger partial charge in [-0.3, -0.25) is 9.59 Å². The lowest BCUT2D eigenvalue weighted by molar-refractivity contribution is 0.0923. The van der Waals surface area contributed by atoms with Crippen molar-refractivity contribution in [3.05, 3.63) is 71.4 Å². The minimum absolute atomic E-state index is 0.0313. The fourth-order valence-corrected chi connectivity index (χ4v) is 2.72. The molecule has 0 aliphatic carbocycles. The summed E-state index contributed by atoms with van der Waals surface area (Å²) in [4.78, 5) is 27.7. The van der Waals surface area contributed by atoms with Crippen LogP contribution in [0.4, 0.5) is 0 Å². The van der Waals surface area contributed by atoms with E-state index in [4.69, 9.17) is 0 Å². The second kappa shape index (κ2) is 7.32. The molecule has 1 aromatic heterocycles. The average Bonchev–Trinajstić information content (AvgIpc) is 3.03. The number of hydrogen-bond acceptors (Lipinski definition) is 3. The number of aliphatic hydroxyl groups excluding tert-OH is 1. The van der Waals surface area contributed by atoms with E-state index < -0.39 is 6.10 Å². The van der Waals surface area contributed by atoms with Gasteiger partial charge in [0.25, 0.3) is 5.91 Å². The number of aromatic nitrogens is 1. The summed E-state index contributed by atoms with van der Waals surface area (Å²) in [5.41, 5.74) is 2.81. The van der Waals surface area contributed by atoms with Crippen LogP contribution in [0.25, 0.3) is 10.9 Å². The molecule has 0 radical (unpaired) electrons. The zero-order valence-electron chi connectivity index (χ0n) is 14.0. The first-order valence-electron chi connectivity index (χ1n) is 8.19. The van der Waals surface area contributed by atoms with E-state index in [1.54, 1.807) is 31.3 Å². The zero-order chi connectivity index (χ0) is 17.8. The molecular weight excluding hydrogens is 316 g/mol. The molecule has 0 spiro atoms. The summed E-state index contributed by atoms with van der Waals surface area (Å²) in [7, 11) is 0. The summed E-state index contributed by atoms with van der Waals surface area (Å²) < 4.78 is 0. The Hall–Kier alpha value is -2.92. The van der Waals surface area contributed by atoms with Crippen molar-refractivity contribution in [2.75, 3.05) is 6.54 Å². The number of nitrogens with one attached hydrogen (secondary N) is 2. The van der Waals surface area contributed by atoms with E-state index in [0.29, 0.717) is 17.5 Å². The number of carbonyl (C=O) groups is 2. The Balaban J connectivity index is 1.80. The summed E-state index contributed by atoms with van der Waals surface area (Å²) in [6, 6.07) is 14.8. The molecule has 0 saturated heterocycles.